The van der Waals surface area contributed by atoms with Crippen molar-refractivity contribution in [1.82, 2.24) is 4.90 Å². The Bertz CT molecular complexity index is 607. The summed E-state index contributed by atoms with van der Waals surface area (Å²) in [6, 6.07) is 1.98. The first kappa shape index (κ1) is 17.2. The van der Waals surface area contributed by atoms with Crippen molar-refractivity contribution in [2.75, 3.05) is 6.54 Å². The van der Waals surface area contributed by atoms with Crippen LogP contribution >= 0.6 is 0 Å². The molecule has 23 heavy (non-hydrogen) atoms. The Kier molecular flexibility index (Phi) is 4.58. The molecule has 1 N–H and O–H groups in total. The fourth-order valence-corrected chi connectivity index (χ4v) is 2.64. The Balaban J connectivity index is 2.24. The number of rotatable bonds is 2. The van der Waals surface area contributed by atoms with Crippen LogP contribution in [0.5, 0.6) is 0 Å². The first-order valence-electron chi connectivity index (χ1n) is 7.25. The lowest BCUT2D eigenvalue weighted by Gasteiger charge is -2.26. The average molecular weight is 327 g/mol. The van der Waals surface area contributed by atoms with E-state index >= 15 is 0 Å². The van der Waals surface area contributed by atoms with Crippen LogP contribution in [0.15, 0.2) is 18.2 Å². The number of likely N-dealkylation sites (tertiary alicyclic amines) is 1. The second-order valence-corrected chi connectivity index (χ2v) is 6.62. The Morgan fingerprint density at radius 1 is 1.22 bits per heavy atom. The molecule has 1 aliphatic rings. The molecule has 0 spiro atoms. The number of nitrogens with zero attached hydrogens (tertiary/aromatic N) is 1. The maximum atomic E-state index is 13.4. The number of benzene rings is 1. The molecule has 1 fully saturated rings. The third kappa shape index (κ3) is 4.18. The fraction of sp³-hybridized carbons (Fsp3) is 0.500. The number of aliphatic carboxylic acids is 1. The third-order valence-electron chi connectivity index (χ3n) is 3.57. The summed E-state index contributed by atoms with van der Waals surface area (Å²) < 4.78 is 31.9. The summed E-state index contributed by atoms with van der Waals surface area (Å²) in [4.78, 5) is 24.7. The van der Waals surface area contributed by atoms with Crippen molar-refractivity contribution >= 4 is 12.1 Å². The molecular formula is C16H19F2NO4. The second kappa shape index (κ2) is 6.14. The van der Waals surface area contributed by atoms with Gasteiger partial charge < -0.3 is 9.84 Å². The highest BCUT2D eigenvalue weighted by atomic mass is 19.1. The quantitative estimate of drug-likeness (QED) is 0.906. The number of hydrogen-bond acceptors (Lipinski definition) is 3. The van der Waals surface area contributed by atoms with E-state index in [1.54, 1.807) is 20.8 Å². The highest BCUT2D eigenvalue weighted by Crippen LogP contribution is 2.33. The van der Waals surface area contributed by atoms with Crippen molar-refractivity contribution in [3.8, 4) is 0 Å². The minimum absolute atomic E-state index is 0.0365. The number of carboxylic acid groups (broad SMARTS) is 1. The minimum Gasteiger partial charge on any atom is -0.480 e. The van der Waals surface area contributed by atoms with Crippen molar-refractivity contribution in [3.63, 3.8) is 0 Å². The minimum atomic E-state index is -1.17. The van der Waals surface area contributed by atoms with Crippen LogP contribution in [0, 0.1) is 11.6 Å². The van der Waals surface area contributed by atoms with E-state index in [2.05, 4.69) is 0 Å². The zero-order valence-corrected chi connectivity index (χ0v) is 13.2. The largest absolute Gasteiger partial charge is 0.480 e. The Morgan fingerprint density at radius 3 is 2.26 bits per heavy atom. The molecule has 0 aromatic heterocycles. The van der Waals surface area contributed by atoms with Crippen LogP contribution < -0.4 is 0 Å². The summed E-state index contributed by atoms with van der Waals surface area (Å²) in [5, 5.41) is 9.31. The lowest BCUT2D eigenvalue weighted by molar-refractivity contribution is -0.142. The lowest BCUT2D eigenvalue weighted by Crippen LogP contribution is -2.43. The molecule has 0 aliphatic carbocycles. The summed E-state index contributed by atoms with van der Waals surface area (Å²) >= 11 is 0. The van der Waals surface area contributed by atoms with Crippen LogP contribution in [-0.2, 0) is 9.53 Å². The average Bonchev–Trinajstić information content (AvgIpc) is 2.80. The highest BCUT2D eigenvalue weighted by molar-refractivity contribution is 5.81. The van der Waals surface area contributed by atoms with E-state index in [-0.39, 0.29) is 13.0 Å². The molecule has 2 rings (SSSR count). The van der Waals surface area contributed by atoms with Gasteiger partial charge in [-0.3, -0.25) is 4.90 Å². The Labute approximate surface area is 132 Å². The van der Waals surface area contributed by atoms with Crippen LogP contribution in [0.1, 0.15) is 38.7 Å². The van der Waals surface area contributed by atoms with E-state index in [1.165, 1.54) is 0 Å². The maximum Gasteiger partial charge on any atom is 0.411 e. The standard InChI is InChI=1S/C16H19F2NO4/c1-16(2,3)23-15(22)19-8-10(6-13(19)14(20)21)9-4-11(17)7-12(18)5-9/h4-5,7,10,13H,6,8H2,1-3H3,(H,20,21)/t10-,13?/m1/s1. The van der Waals surface area contributed by atoms with Crippen molar-refractivity contribution in [1.29, 1.82) is 0 Å². The number of ether oxygens (including phenoxy) is 1. The number of hydrogen-bond donors (Lipinski definition) is 1. The van der Waals surface area contributed by atoms with Gasteiger partial charge in [0.1, 0.15) is 23.3 Å². The van der Waals surface area contributed by atoms with Gasteiger partial charge in [0.25, 0.3) is 0 Å². The molecule has 7 heteroatoms. The Morgan fingerprint density at radius 2 is 1.78 bits per heavy atom. The number of amides is 1. The number of carbonyl (C=O) groups is 2. The molecule has 1 saturated heterocycles. The Hall–Kier alpha value is -2.18. The van der Waals surface area contributed by atoms with Gasteiger partial charge >= 0.3 is 12.1 Å². The highest BCUT2D eigenvalue weighted by Gasteiger charge is 2.42. The van der Waals surface area contributed by atoms with Crippen molar-refractivity contribution in [2.24, 2.45) is 0 Å². The van der Waals surface area contributed by atoms with Gasteiger partial charge in [-0.1, -0.05) is 0 Å². The van der Waals surface area contributed by atoms with E-state index < -0.39 is 41.3 Å². The monoisotopic (exact) mass is 327 g/mol. The number of carbonyl (C=O) groups excluding carboxylic acids is 1. The van der Waals surface area contributed by atoms with Gasteiger partial charge in [-0.05, 0) is 44.9 Å². The molecule has 0 saturated carbocycles. The van der Waals surface area contributed by atoms with Gasteiger partial charge in [-0.15, -0.1) is 0 Å². The van der Waals surface area contributed by atoms with Crippen molar-refractivity contribution in [3.05, 3.63) is 35.4 Å². The van der Waals surface area contributed by atoms with Gasteiger partial charge in [-0.25, -0.2) is 18.4 Å². The fourth-order valence-electron chi connectivity index (χ4n) is 2.64. The van der Waals surface area contributed by atoms with E-state index in [4.69, 9.17) is 4.74 Å². The normalized spacial score (nSPS) is 21.3. The van der Waals surface area contributed by atoms with E-state index in [1.807, 2.05) is 0 Å². The van der Waals surface area contributed by atoms with Gasteiger partial charge in [0.05, 0.1) is 0 Å². The summed E-state index contributed by atoms with van der Waals surface area (Å²) in [5.74, 6) is -3.10. The molecule has 1 amide bonds. The summed E-state index contributed by atoms with van der Waals surface area (Å²) in [5.41, 5.74) is -0.428. The van der Waals surface area contributed by atoms with Gasteiger partial charge in [-0.2, -0.15) is 0 Å². The first-order chi connectivity index (χ1) is 10.6. The van der Waals surface area contributed by atoms with Crippen LogP contribution in [0.2, 0.25) is 0 Å². The predicted molar refractivity (Wildman–Crippen MR) is 78.1 cm³/mol. The topological polar surface area (TPSA) is 66.8 Å². The predicted octanol–water partition coefficient (Wildman–Crippen LogP) is 3.14. The molecule has 1 aliphatic heterocycles. The molecule has 126 valence electrons. The zero-order valence-electron chi connectivity index (χ0n) is 13.2. The molecule has 1 heterocycles. The molecule has 1 aromatic carbocycles. The van der Waals surface area contributed by atoms with Crippen LogP contribution in [0.4, 0.5) is 13.6 Å². The molecule has 5 nitrogen and oxygen atoms in total. The second-order valence-electron chi connectivity index (χ2n) is 6.62. The summed E-state index contributed by atoms with van der Waals surface area (Å²) in [6.07, 6.45) is -0.665. The molecule has 0 radical (unpaired) electrons. The third-order valence-corrected chi connectivity index (χ3v) is 3.57. The van der Waals surface area contributed by atoms with E-state index in [9.17, 15) is 23.5 Å². The van der Waals surface area contributed by atoms with E-state index in [0.717, 1.165) is 23.1 Å². The summed E-state index contributed by atoms with van der Waals surface area (Å²) in [7, 11) is 0. The number of carboxylic acids is 1. The molecule has 0 bridgehead atoms. The van der Waals surface area contributed by atoms with Crippen molar-refractivity contribution in [2.45, 2.75) is 44.8 Å². The molecular weight excluding hydrogens is 308 g/mol. The van der Waals surface area contributed by atoms with Gasteiger partial charge in [0.2, 0.25) is 0 Å². The first-order valence-corrected chi connectivity index (χ1v) is 7.25. The lowest BCUT2D eigenvalue weighted by atomic mass is 9.96. The summed E-state index contributed by atoms with van der Waals surface area (Å²) in [6.45, 7) is 5.07. The van der Waals surface area contributed by atoms with Crippen molar-refractivity contribution < 1.29 is 28.2 Å². The van der Waals surface area contributed by atoms with Crippen LogP contribution in [-0.4, -0.2) is 40.3 Å². The zero-order chi connectivity index (χ0) is 17.4. The molecule has 1 unspecified atom stereocenters. The van der Waals surface area contributed by atoms with E-state index in [0.29, 0.717) is 5.56 Å². The smallest absolute Gasteiger partial charge is 0.411 e. The molecule has 1 aromatic rings. The number of halogens is 2. The van der Waals surface area contributed by atoms with Crippen LogP contribution in [0.3, 0.4) is 0 Å². The maximum absolute atomic E-state index is 13.4. The van der Waals surface area contributed by atoms with Gasteiger partial charge in [0, 0.05) is 18.5 Å². The molecule has 2 atom stereocenters. The SMILES string of the molecule is CC(C)(C)OC(=O)N1C[C@H](c2cc(F)cc(F)c2)CC1C(=O)O. The van der Waals surface area contributed by atoms with Crippen LogP contribution in [0.25, 0.3) is 0 Å². The van der Waals surface area contributed by atoms with Gasteiger partial charge in [0.15, 0.2) is 0 Å².